The number of nitrogens with zero attached hydrogens (tertiary/aromatic N) is 4. The van der Waals surface area contributed by atoms with Crippen molar-refractivity contribution in [2.45, 2.75) is 23.9 Å². The number of benzene rings is 1. The second-order valence-electron chi connectivity index (χ2n) is 6.27. The number of fused-ring (bicyclic) bond motifs is 1. The van der Waals surface area contributed by atoms with Crippen LogP contribution in [0.4, 0.5) is 0 Å². The molecule has 1 atom stereocenters. The summed E-state index contributed by atoms with van der Waals surface area (Å²) in [6.07, 6.45) is 3.42. The fraction of sp³-hybridized carbons (Fsp3) is 0.263. The average molecular weight is 397 g/mol. The Labute approximate surface area is 166 Å². The van der Waals surface area contributed by atoms with E-state index in [2.05, 4.69) is 20.5 Å². The van der Waals surface area contributed by atoms with Gasteiger partial charge in [0.2, 0.25) is 12.7 Å². The summed E-state index contributed by atoms with van der Waals surface area (Å²) in [5, 5.41) is 11.8. The number of thioether (sulfide) groups is 1. The maximum absolute atomic E-state index is 12.5. The molecule has 3 aromatic rings. The van der Waals surface area contributed by atoms with Crippen LogP contribution >= 0.6 is 11.8 Å². The first-order valence-electron chi connectivity index (χ1n) is 8.74. The predicted molar refractivity (Wildman–Crippen MR) is 104 cm³/mol. The minimum atomic E-state index is -0.317. The number of carbonyl (C=O) groups is 1. The quantitative estimate of drug-likeness (QED) is 0.639. The second kappa shape index (κ2) is 7.89. The van der Waals surface area contributed by atoms with Crippen LogP contribution in [0.3, 0.4) is 0 Å². The molecule has 3 heterocycles. The molecule has 1 aromatic carbocycles. The van der Waals surface area contributed by atoms with Gasteiger partial charge in [-0.3, -0.25) is 9.78 Å². The van der Waals surface area contributed by atoms with E-state index in [0.29, 0.717) is 17.5 Å². The summed E-state index contributed by atoms with van der Waals surface area (Å²) in [6, 6.07) is 9.39. The molecule has 0 saturated carbocycles. The third kappa shape index (κ3) is 3.79. The monoisotopic (exact) mass is 397 g/mol. The molecule has 0 spiro atoms. The molecule has 8 nitrogen and oxygen atoms in total. The predicted octanol–water partition coefficient (Wildman–Crippen LogP) is 2.40. The smallest absolute Gasteiger partial charge is 0.233 e. The van der Waals surface area contributed by atoms with Gasteiger partial charge in [0.05, 0.1) is 5.25 Å². The van der Waals surface area contributed by atoms with Crippen LogP contribution in [0.15, 0.2) is 47.9 Å². The SMILES string of the molecule is C[C@H](Sc1nnc(-c2ccncc2)n1C)C(=O)NCc1ccc2c(c1)OCO2. The van der Waals surface area contributed by atoms with Crippen molar-refractivity contribution < 1.29 is 14.3 Å². The van der Waals surface area contributed by atoms with Crippen LogP contribution in [0.2, 0.25) is 0 Å². The van der Waals surface area contributed by atoms with E-state index < -0.39 is 0 Å². The number of hydrogen-bond donors (Lipinski definition) is 1. The van der Waals surface area contributed by atoms with Gasteiger partial charge in [-0.05, 0) is 36.8 Å². The van der Waals surface area contributed by atoms with Crippen molar-refractivity contribution >= 4 is 17.7 Å². The van der Waals surface area contributed by atoms with E-state index in [-0.39, 0.29) is 18.0 Å². The molecule has 0 unspecified atom stereocenters. The fourth-order valence-electron chi connectivity index (χ4n) is 2.77. The maximum Gasteiger partial charge on any atom is 0.233 e. The Balaban J connectivity index is 1.36. The molecule has 0 bridgehead atoms. The Bertz CT molecular complexity index is 992. The highest BCUT2D eigenvalue weighted by atomic mass is 32.2. The number of ether oxygens (including phenoxy) is 2. The topological polar surface area (TPSA) is 91.2 Å². The van der Waals surface area contributed by atoms with Gasteiger partial charge in [0, 0.05) is 31.5 Å². The van der Waals surface area contributed by atoms with Crippen molar-refractivity contribution in [3.8, 4) is 22.9 Å². The van der Waals surface area contributed by atoms with E-state index in [0.717, 1.165) is 22.7 Å². The summed E-state index contributed by atoms with van der Waals surface area (Å²) >= 11 is 1.37. The number of pyridine rings is 1. The molecule has 0 aliphatic carbocycles. The van der Waals surface area contributed by atoms with E-state index >= 15 is 0 Å². The van der Waals surface area contributed by atoms with Crippen LogP contribution in [-0.4, -0.2) is 37.7 Å². The first kappa shape index (κ1) is 18.3. The number of rotatable bonds is 6. The van der Waals surface area contributed by atoms with E-state index in [1.54, 1.807) is 12.4 Å². The van der Waals surface area contributed by atoms with E-state index in [4.69, 9.17) is 9.47 Å². The van der Waals surface area contributed by atoms with Crippen LogP contribution < -0.4 is 14.8 Å². The van der Waals surface area contributed by atoms with Crippen molar-refractivity contribution in [2.75, 3.05) is 6.79 Å². The van der Waals surface area contributed by atoms with Gasteiger partial charge in [-0.1, -0.05) is 17.8 Å². The molecule has 9 heteroatoms. The zero-order valence-electron chi connectivity index (χ0n) is 15.5. The van der Waals surface area contributed by atoms with Gasteiger partial charge in [0.25, 0.3) is 0 Å². The summed E-state index contributed by atoms with van der Waals surface area (Å²) < 4.78 is 12.5. The molecular weight excluding hydrogens is 378 g/mol. The maximum atomic E-state index is 12.5. The average Bonchev–Trinajstić information content (AvgIpc) is 3.33. The van der Waals surface area contributed by atoms with Crippen LogP contribution in [0.5, 0.6) is 11.5 Å². The van der Waals surface area contributed by atoms with Crippen LogP contribution in [0, 0.1) is 0 Å². The molecule has 144 valence electrons. The number of nitrogens with one attached hydrogen (secondary N) is 1. The second-order valence-corrected chi connectivity index (χ2v) is 7.57. The van der Waals surface area contributed by atoms with Crippen LogP contribution in [-0.2, 0) is 18.4 Å². The van der Waals surface area contributed by atoms with Gasteiger partial charge >= 0.3 is 0 Å². The van der Waals surface area contributed by atoms with Crippen LogP contribution in [0.25, 0.3) is 11.4 Å². The first-order chi connectivity index (χ1) is 13.6. The molecule has 1 aliphatic rings. The number of carbonyl (C=O) groups excluding carboxylic acids is 1. The highest BCUT2D eigenvalue weighted by Crippen LogP contribution is 2.32. The molecule has 1 aliphatic heterocycles. The largest absolute Gasteiger partial charge is 0.454 e. The van der Waals surface area contributed by atoms with Crippen molar-refractivity contribution in [3.63, 3.8) is 0 Å². The van der Waals surface area contributed by atoms with Crippen molar-refractivity contribution in [3.05, 3.63) is 48.3 Å². The molecule has 28 heavy (non-hydrogen) atoms. The van der Waals surface area contributed by atoms with Gasteiger partial charge in [0.1, 0.15) is 0 Å². The lowest BCUT2D eigenvalue weighted by atomic mass is 10.2. The Hall–Kier alpha value is -3.07. The lowest BCUT2D eigenvalue weighted by Gasteiger charge is -2.12. The molecule has 1 N–H and O–H groups in total. The van der Waals surface area contributed by atoms with Crippen molar-refractivity contribution in [1.82, 2.24) is 25.1 Å². The molecule has 1 amide bonds. The molecule has 0 saturated heterocycles. The Morgan fingerprint density at radius 1 is 1.21 bits per heavy atom. The molecule has 0 fully saturated rings. The third-order valence-corrected chi connectivity index (χ3v) is 5.46. The summed E-state index contributed by atoms with van der Waals surface area (Å²) in [4.78, 5) is 16.5. The molecule has 4 rings (SSSR count). The third-order valence-electron chi connectivity index (χ3n) is 4.33. The highest BCUT2D eigenvalue weighted by Gasteiger charge is 2.20. The summed E-state index contributed by atoms with van der Waals surface area (Å²) in [5.41, 5.74) is 1.88. The lowest BCUT2D eigenvalue weighted by molar-refractivity contribution is -0.120. The zero-order valence-corrected chi connectivity index (χ0v) is 16.3. The minimum absolute atomic E-state index is 0.0730. The number of amides is 1. The van der Waals surface area contributed by atoms with Gasteiger partial charge in [-0.15, -0.1) is 10.2 Å². The van der Waals surface area contributed by atoms with Gasteiger partial charge < -0.3 is 19.4 Å². The van der Waals surface area contributed by atoms with E-state index in [1.165, 1.54) is 11.8 Å². The number of hydrogen-bond acceptors (Lipinski definition) is 7. The summed E-state index contributed by atoms with van der Waals surface area (Å²) in [7, 11) is 1.88. The van der Waals surface area contributed by atoms with Gasteiger partial charge in [-0.2, -0.15) is 0 Å². The number of aromatic nitrogens is 4. The minimum Gasteiger partial charge on any atom is -0.454 e. The van der Waals surface area contributed by atoms with E-state index in [1.807, 2.05) is 48.9 Å². The van der Waals surface area contributed by atoms with Gasteiger partial charge in [0.15, 0.2) is 22.5 Å². The standard InChI is InChI=1S/C19H19N5O3S/c1-12(18(25)21-10-13-3-4-15-16(9-13)27-11-26-15)28-19-23-22-17(24(19)2)14-5-7-20-8-6-14/h3-9,12H,10-11H2,1-2H3,(H,21,25)/t12-/m0/s1. The van der Waals surface area contributed by atoms with Crippen molar-refractivity contribution in [2.24, 2.45) is 7.05 Å². The first-order valence-corrected chi connectivity index (χ1v) is 9.62. The molecule has 2 aromatic heterocycles. The van der Waals surface area contributed by atoms with E-state index in [9.17, 15) is 4.79 Å². The molecule has 0 radical (unpaired) electrons. The van der Waals surface area contributed by atoms with Crippen LogP contribution in [0.1, 0.15) is 12.5 Å². The zero-order chi connectivity index (χ0) is 19.5. The summed E-state index contributed by atoms with van der Waals surface area (Å²) in [6.45, 7) is 2.50. The lowest BCUT2D eigenvalue weighted by Crippen LogP contribution is -2.30. The Morgan fingerprint density at radius 3 is 2.82 bits per heavy atom. The Kier molecular flexibility index (Phi) is 5.16. The Morgan fingerprint density at radius 2 is 2.00 bits per heavy atom. The van der Waals surface area contributed by atoms with Crippen molar-refractivity contribution in [1.29, 1.82) is 0 Å². The normalized spacial score (nSPS) is 13.4. The summed E-state index contributed by atoms with van der Waals surface area (Å²) in [5.74, 6) is 2.09. The highest BCUT2D eigenvalue weighted by molar-refractivity contribution is 8.00. The molecular formula is C19H19N5O3S. The van der Waals surface area contributed by atoms with Gasteiger partial charge in [-0.25, -0.2) is 0 Å². The fourth-order valence-corrected chi connectivity index (χ4v) is 3.60.